The van der Waals surface area contributed by atoms with Crippen molar-refractivity contribution in [3.63, 3.8) is 0 Å². The highest BCUT2D eigenvalue weighted by Crippen LogP contribution is 1.54. The Balaban J connectivity index is 0. The Morgan fingerprint density at radius 2 is 2.25 bits per heavy atom. The van der Waals surface area contributed by atoms with Crippen molar-refractivity contribution in [2.45, 2.75) is 6.92 Å². The van der Waals surface area contributed by atoms with Crippen LogP contribution in [0.15, 0.2) is 0 Å². The van der Waals surface area contributed by atoms with E-state index in [1.54, 1.807) is 0 Å². The molecule has 0 atom stereocenters. The SMILES string of the molecule is Br.CC(=O)NCCN. The number of halogens is 1. The fourth-order valence-corrected chi connectivity index (χ4v) is 0.248. The average Bonchev–Trinajstić information content (AvgIpc) is 1.61. The van der Waals surface area contributed by atoms with Gasteiger partial charge in [0.05, 0.1) is 0 Å². The molecule has 0 saturated heterocycles. The number of nitrogens with one attached hydrogen (secondary N) is 1. The number of carbonyl (C=O) groups is 1. The number of rotatable bonds is 2. The fraction of sp³-hybridized carbons (Fsp3) is 0.750. The molecule has 0 aromatic carbocycles. The summed E-state index contributed by atoms with van der Waals surface area (Å²) in [6.07, 6.45) is 0. The molecule has 4 heteroatoms. The molecular formula is C4H11BrN2O. The van der Waals surface area contributed by atoms with Gasteiger partial charge in [0.1, 0.15) is 0 Å². The molecule has 0 aromatic heterocycles. The molecule has 8 heavy (non-hydrogen) atoms. The Bertz CT molecular complexity index is 67.1. The zero-order chi connectivity index (χ0) is 5.70. The first kappa shape index (κ1) is 10.8. The summed E-state index contributed by atoms with van der Waals surface area (Å²) in [5, 5.41) is 2.53. The Morgan fingerprint density at radius 1 is 1.75 bits per heavy atom. The Kier molecular flexibility index (Phi) is 9.34. The third kappa shape index (κ3) is 9.32. The van der Waals surface area contributed by atoms with Gasteiger partial charge in [-0.05, 0) is 0 Å². The highest BCUT2D eigenvalue weighted by atomic mass is 79.9. The van der Waals surface area contributed by atoms with Gasteiger partial charge in [-0.15, -0.1) is 17.0 Å². The smallest absolute Gasteiger partial charge is 0.216 e. The van der Waals surface area contributed by atoms with Crippen molar-refractivity contribution < 1.29 is 4.79 Å². The van der Waals surface area contributed by atoms with Gasteiger partial charge in [-0.1, -0.05) is 0 Å². The van der Waals surface area contributed by atoms with E-state index >= 15 is 0 Å². The lowest BCUT2D eigenvalue weighted by molar-refractivity contribution is -0.118. The molecule has 0 rings (SSSR count). The van der Waals surface area contributed by atoms with Crippen LogP contribution in [0.1, 0.15) is 6.92 Å². The molecule has 1 amide bonds. The lowest BCUT2D eigenvalue weighted by Crippen LogP contribution is -2.26. The summed E-state index contributed by atoms with van der Waals surface area (Å²) in [6, 6.07) is 0. The molecule has 0 aliphatic carbocycles. The van der Waals surface area contributed by atoms with Crippen LogP contribution in [0, 0.1) is 0 Å². The van der Waals surface area contributed by atoms with Crippen LogP contribution < -0.4 is 11.1 Å². The van der Waals surface area contributed by atoms with Gasteiger partial charge >= 0.3 is 0 Å². The average molecular weight is 183 g/mol. The predicted molar refractivity (Wildman–Crippen MR) is 38.1 cm³/mol. The maximum Gasteiger partial charge on any atom is 0.216 e. The van der Waals surface area contributed by atoms with E-state index in [0.717, 1.165) is 0 Å². The third-order valence-electron chi connectivity index (χ3n) is 0.518. The molecule has 3 nitrogen and oxygen atoms in total. The second kappa shape index (κ2) is 6.91. The van der Waals surface area contributed by atoms with Crippen LogP contribution in [0.2, 0.25) is 0 Å². The van der Waals surface area contributed by atoms with E-state index in [1.807, 2.05) is 0 Å². The molecule has 3 N–H and O–H groups in total. The Hall–Kier alpha value is -0.0900. The van der Waals surface area contributed by atoms with Crippen LogP contribution in [0.25, 0.3) is 0 Å². The van der Waals surface area contributed by atoms with E-state index < -0.39 is 0 Å². The summed E-state index contributed by atoms with van der Waals surface area (Å²) in [6.45, 7) is 2.56. The van der Waals surface area contributed by atoms with Gasteiger partial charge in [0.2, 0.25) is 5.91 Å². The lowest BCUT2D eigenvalue weighted by Gasteiger charge is -1.93. The maximum absolute atomic E-state index is 10.0. The molecular weight excluding hydrogens is 172 g/mol. The highest BCUT2D eigenvalue weighted by molar-refractivity contribution is 8.93. The van der Waals surface area contributed by atoms with Crippen molar-refractivity contribution in [1.29, 1.82) is 0 Å². The van der Waals surface area contributed by atoms with Gasteiger partial charge in [-0.2, -0.15) is 0 Å². The molecule has 0 unspecified atom stereocenters. The van der Waals surface area contributed by atoms with Crippen molar-refractivity contribution >= 4 is 22.9 Å². The van der Waals surface area contributed by atoms with E-state index in [0.29, 0.717) is 13.1 Å². The van der Waals surface area contributed by atoms with Gasteiger partial charge in [-0.25, -0.2) is 0 Å². The van der Waals surface area contributed by atoms with Gasteiger partial charge in [0, 0.05) is 20.0 Å². The fourth-order valence-electron chi connectivity index (χ4n) is 0.248. The molecule has 0 radical (unpaired) electrons. The van der Waals surface area contributed by atoms with Crippen LogP contribution in [0.3, 0.4) is 0 Å². The minimum absolute atomic E-state index is 0. The number of nitrogens with two attached hydrogens (primary N) is 1. The van der Waals surface area contributed by atoms with Crippen molar-refractivity contribution in [1.82, 2.24) is 5.32 Å². The molecule has 0 aliphatic heterocycles. The molecule has 0 spiro atoms. The van der Waals surface area contributed by atoms with Gasteiger partial charge in [-0.3, -0.25) is 4.79 Å². The number of hydrogen-bond acceptors (Lipinski definition) is 2. The highest BCUT2D eigenvalue weighted by Gasteiger charge is 1.83. The number of carbonyl (C=O) groups excluding carboxylic acids is 1. The summed E-state index contributed by atoms with van der Waals surface area (Å²) >= 11 is 0. The molecule has 0 heterocycles. The van der Waals surface area contributed by atoms with Gasteiger partial charge in [0.15, 0.2) is 0 Å². The molecule has 50 valence electrons. The largest absolute Gasteiger partial charge is 0.355 e. The summed E-state index contributed by atoms with van der Waals surface area (Å²) in [5.74, 6) is -0.0227. The number of hydrogen-bond donors (Lipinski definition) is 2. The first-order valence-corrected chi connectivity index (χ1v) is 2.22. The van der Waals surface area contributed by atoms with E-state index in [-0.39, 0.29) is 22.9 Å². The lowest BCUT2D eigenvalue weighted by atomic mass is 10.6. The zero-order valence-electron chi connectivity index (χ0n) is 4.81. The quantitative estimate of drug-likeness (QED) is 0.615. The zero-order valence-corrected chi connectivity index (χ0v) is 6.52. The van der Waals surface area contributed by atoms with Crippen LogP contribution in [0.4, 0.5) is 0 Å². The summed E-state index contributed by atoms with van der Waals surface area (Å²) in [5.41, 5.74) is 5.06. The van der Waals surface area contributed by atoms with Crippen LogP contribution in [0.5, 0.6) is 0 Å². The second-order valence-corrected chi connectivity index (χ2v) is 1.27. The molecule has 0 aromatic rings. The van der Waals surface area contributed by atoms with Crippen molar-refractivity contribution in [3.05, 3.63) is 0 Å². The number of amides is 1. The van der Waals surface area contributed by atoms with Crippen molar-refractivity contribution in [3.8, 4) is 0 Å². The first-order chi connectivity index (χ1) is 3.27. The Labute approximate surface area is 59.4 Å². The standard InChI is InChI=1S/C4H10N2O.BrH/c1-4(7)6-3-2-5;/h2-3,5H2,1H3,(H,6,7);1H. The first-order valence-electron chi connectivity index (χ1n) is 2.22. The van der Waals surface area contributed by atoms with Crippen LogP contribution in [-0.2, 0) is 4.79 Å². The normalized spacial score (nSPS) is 7.25. The van der Waals surface area contributed by atoms with E-state index in [4.69, 9.17) is 5.73 Å². The molecule has 0 fully saturated rings. The molecule has 0 bridgehead atoms. The summed E-state index contributed by atoms with van der Waals surface area (Å²) < 4.78 is 0. The minimum atomic E-state index is -0.0227. The van der Waals surface area contributed by atoms with E-state index in [2.05, 4.69) is 5.32 Å². The summed E-state index contributed by atoms with van der Waals surface area (Å²) in [4.78, 5) is 10.0. The van der Waals surface area contributed by atoms with Gasteiger partial charge < -0.3 is 11.1 Å². The molecule has 0 saturated carbocycles. The summed E-state index contributed by atoms with van der Waals surface area (Å²) in [7, 11) is 0. The van der Waals surface area contributed by atoms with Gasteiger partial charge in [0.25, 0.3) is 0 Å². The van der Waals surface area contributed by atoms with Crippen molar-refractivity contribution in [2.24, 2.45) is 5.73 Å². The monoisotopic (exact) mass is 182 g/mol. The minimum Gasteiger partial charge on any atom is -0.355 e. The molecule has 0 aliphatic rings. The topological polar surface area (TPSA) is 55.1 Å². The third-order valence-corrected chi connectivity index (χ3v) is 0.518. The van der Waals surface area contributed by atoms with E-state index in [1.165, 1.54) is 6.92 Å². The second-order valence-electron chi connectivity index (χ2n) is 1.27. The Morgan fingerprint density at radius 3 is 2.38 bits per heavy atom. The van der Waals surface area contributed by atoms with Crippen LogP contribution in [-0.4, -0.2) is 19.0 Å². The van der Waals surface area contributed by atoms with Crippen molar-refractivity contribution in [2.75, 3.05) is 13.1 Å². The maximum atomic E-state index is 10.0. The van der Waals surface area contributed by atoms with Crippen LogP contribution >= 0.6 is 17.0 Å². The van der Waals surface area contributed by atoms with E-state index in [9.17, 15) is 4.79 Å². The predicted octanol–water partition coefficient (Wildman–Crippen LogP) is -0.341.